The topological polar surface area (TPSA) is 70.2 Å². The summed E-state index contributed by atoms with van der Waals surface area (Å²) in [4.78, 5) is 23.9. The van der Waals surface area contributed by atoms with Gasteiger partial charge in [0.2, 0.25) is 0 Å². The molecule has 23 heavy (non-hydrogen) atoms. The maximum atomic E-state index is 12.0. The molecule has 0 saturated carbocycles. The van der Waals surface area contributed by atoms with Crippen LogP contribution < -0.4 is 16.0 Å². The second kappa shape index (κ2) is 10.2. The standard InChI is InChI=1S/C17H27N3O2.ClH/c1-5-18-10-11-19-15(21)13-6-8-14(9-7-13)16(22)20-12-17(2,3)4;/h6-9,18H,5,10-12H2,1-4H3,(H,19,21)(H,20,22);1H. The Labute approximate surface area is 145 Å². The van der Waals surface area contributed by atoms with Crippen molar-refractivity contribution >= 4 is 24.2 Å². The summed E-state index contributed by atoms with van der Waals surface area (Å²) in [5.41, 5.74) is 1.17. The number of carbonyl (C=O) groups excluding carboxylic acids is 2. The van der Waals surface area contributed by atoms with Crippen molar-refractivity contribution in [3.8, 4) is 0 Å². The monoisotopic (exact) mass is 341 g/mol. The Morgan fingerprint density at radius 3 is 1.83 bits per heavy atom. The SMILES string of the molecule is CCNCCNC(=O)c1ccc(C(=O)NCC(C)(C)C)cc1.Cl. The van der Waals surface area contributed by atoms with E-state index in [9.17, 15) is 9.59 Å². The predicted octanol–water partition coefficient (Wildman–Crippen LogP) is 2.22. The Kier molecular flexibility index (Phi) is 9.53. The summed E-state index contributed by atoms with van der Waals surface area (Å²) < 4.78 is 0. The van der Waals surface area contributed by atoms with E-state index in [4.69, 9.17) is 0 Å². The minimum absolute atomic E-state index is 0. The number of hydrogen-bond donors (Lipinski definition) is 3. The van der Waals surface area contributed by atoms with Crippen LogP contribution in [0.4, 0.5) is 0 Å². The molecule has 0 aliphatic heterocycles. The van der Waals surface area contributed by atoms with Crippen LogP contribution in [0.15, 0.2) is 24.3 Å². The van der Waals surface area contributed by atoms with Crippen LogP contribution in [-0.2, 0) is 0 Å². The lowest BCUT2D eigenvalue weighted by Crippen LogP contribution is -2.32. The van der Waals surface area contributed by atoms with E-state index in [1.807, 2.05) is 6.92 Å². The van der Waals surface area contributed by atoms with Gasteiger partial charge in [-0.05, 0) is 36.2 Å². The van der Waals surface area contributed by atoms with E-state index in [0.29, 0.717) is 24.2 Å². The van der Waals surface area contributed by atoms with Crippen LogP contribution in [0, 0.1) is 5.41 Å². The highest BCUT2D eigenvalue weighted by molar-refractivity contribution is 5.97. The summed E-state index contributed by atoms with van der Waals surface area (Å²) in [6.07, 6.45) is 0. The zero-order valence-electron chi connectivity index (χ0n) is 14.4. The highest BCUT2D eigenvalue weighted by Crippen LogP contribution is 2.11. The van der Waals surface area contributed by atoms with Crippen LogP contribution in [0.25, 0.3) is 0 Å². The molecule has 1 aromatic carbocycles. The molecule has 3 N–H and O–H groups in total. The molecule has 0 bridgehead atoms. The minimum atomic E-state index is -0.125. The van der Waals surface area contributed by atoms with Gasteiger partial charge < -0.3 is 16.0 Å². The Bertz CT molecular complexity index is 496. The molecule has 6 heteroatoms. The first-order valence-electron chi connectivity index (χ1n) is 7.70. The lowest BCUT2D eigenvalue weighted by atomic mass is 9.97. The normalized spacial score (nSPS) is 10.6. The number of benzene rings is 1. The van der Waals surface area contributed by atoms with E-state index in [1.165, 1.54) is 0 Å². The van der Waals surface area contributed by atoms with E-state index in [1.54, 1.807) is 24.3 Å². The number of nitrogens with one attached hydrogen (secondary N) is 3. The van der Waals surface area contributed by atoms with Crippen molar-refractivity contribution in [1.82, 2.24) is 16.0 Å². The van der Waals surface area contributed by atoms with Gasteiger partial charge in [-0.15, -0.1) is 12.4 Å². The maximum Gasteiger partial charge on any atom is 0.251 e. The third-order valence-corrected chi connectivity index (χ3v) is 3.03. The first-order chi connectivity index (χ1) is 10.3. The highest BCUT2D eigenvalue weighted by atomic mass is 35.5. The van der Waals surface area contributed by atoms with E-state index >= 15 is 0 Å². The number of halogens is 1. The summed E-state index contributed by atoms with van der Waals surface area (Å²) in [5.74, 6) is -0.242. The van der Waals surface area contributed by atoms with Crippen molar-refractivity contribution in [3.63, 3.8) is 0 Å². The van der Waals surface area contributed by atoms with Crippen molar-refractivity contribution in [2.45, 2.75) is 27.7 Å². The number of hydrogen-bond acceptors (Lipinski definition) is 3. The van der Waals surface area contributed by atoms with Gasteiger partial charge in [-0.3, -0.25) is 9.59 Å². The van der Waals surface area contributed by atoms with Crippen molar-refractivity contribution < 1.29 is 9.59 Å². The summed E-state index contributed by atoms with van der Waals surface area (Å²) in [7, 11) is 0. The van der Waals surface area contributed by atoms with Crippen LogP contribution in [0.1, 0.15) is 48.4 Å². The molecule has 0 heterocycles. The Morgan fingerprint density at radius 1 is 0.913 bits per heavy atom. The van der Waals surface area contributed by atoms with Crippen LogP contribution in [-0.4, -0.2) is 38.0 Å². The minimum Gasteiger partial charge on any atom is -0.352 e. The molecule has 1 aromatic rings. The first kappa shape index (κ1) is 21.4. The van der Waals surface area contributed by atoms with Crippen LogP contribution >= 0.6 is 12.4 Å². The van der Waals surface area contributed by atoms with Gasteiger partial charge in [-0.1, -0.05) is 27.7 Å². The zero-order chi connectivity index (χ0) is 16.6. The maximum absolute atomic E-state index is 12.0. The fraction of sp³-hybridized carbons (Fsp3) is 0.529. The first-order valence-corrected chi connectivity index (χ1v) is 7.70. The number of likely N-dealkylation sites (N-methyl/N-ethyl adjacent to an activating group) is 1. The lowest BCUT2D eigenvalue weighted by molar-refractivity contribution is 0.0933. The van der Waals surface area contributed by atoms with Gasteiger partial charge in [-0.25, -0.2) is 0 Å². The number of rotatable bonds is 7. The molecule has 0 spiro atoms. The molecular formula is C17H28ClN3O2. The number of amides is 2. The largest absolute Gasteiger partial charge is 0.352 e. The van der Waals surface area contributed by atoms with Gasteiger partial charge in [0.15, 0.2) is 0 Å². The third kappa shape index (κ3) is 8.57. The molecule has 5 nitrogen and oxygen atoms in total. The van der Waals surface area contributed by atoms with Gasteiger partial charge in [0.05, 0.1) is 0 Å². The average molecular weight is 342 g/mol. The predicted molar refractivity (Wildman–Crippen MR) is 96.4 cm³/mol. The van der Waals surface area contributed by atoms with Gasteiger partial charge in [0, 0.05) is 30.8 Å². The summed E-state index contributed by atoms with van der Waals surface area (Å²) in [6.45, 7) is 11.0. The summed E-state index contributed by atoms with van der Waals surface area (Å²) >= 11 is 0. The zero-order valence-corrected chi connectivity index (χ0v) is 15.2. The molecule has 2 amide bonds. The van der Waals surface area contributed by atoms with E-state index in [0.717, 1.165) is 13.1 Å². The quantitative estimate of drug-likeness (QED) is 0.666. The van der Waals surface area contributed by atoms with Crippen molar-refractivity contribution in [2.75, 3.05) is 26.2 Å². The van der Waals surface area contributed by atoms with E-state index in [2.05, 4.69) is 36.7 Å². The smallest absolute Gasteiger partial charge is 0.251 e. The Hall–Kier alpha value is -1.59. The van der Waals surface area contributed by atoms with Gasteiger partial charge in [-0.2, -0.15) is 0 Å². The van der Waals surface area contributed by atoms with Crippen LogP contribution in [0.2, 0.25) is 0 Å². The van der Waals surface area contributed by atoms with E-state index in [-0.39, 0.29) is 29.6 Å². The molecule has 0 fully saturated rings. The molecule has 0 saturated heterocycles. The van der Waals surface area contributed by atoms with Crippen molar-refractivity contribution in [3.05, 3.63) is 35.4 Å². The number of carbonyl (C=O) groups is 2. The molecule has 0 atom stereocenters. The molecule has 1 rings (SSSR count). The average Bonchev–Trinajstić information content (AvgIpc) is 2.48. The third-order valence-electron chi connectivity index (χ3n) is 3.03. The highest BCUT2D eigenvalue weighted by Gasteiger charge is 2.13. The van der Waals surface area contributed by atoms with E-state index < -0.39 is 0 Å². The van der Waals surface area contributed by atoms with Gasteiger partial charge in [0.25, 0.3) is 11.8 Å². The van der Waals surface area contributed by atoms with Gasteiger partial charge >= 0.3 is 0 Å². The molecule has 0 radical (unpaired) electrons. The van der Waals surface area contributed by atoms with Gasteiger partial charge in [0.1, 0.15) is 0 Å². The molecule has 0 aromatic heterocycles. The van der Waals surface area contributed by atoms with Crippen LogP contribution in [0.3, 0.4) is 0 Å². The fourth-order valence-electron chi connectivity index (χ4n) is 1.76. The molecule has 0 unspecified atom stereocenters. The molecular weight excluding hydrogens is 314 g/mol. The Balaban J connectivity index is 0.00000484. The van der Waals surface area contributed by atoms with Crippen molar-refractivity contribution in [2.24, 2.45) is 5.41 Å². The summed E-state index contributed by atoms with van der Waals surface area (Å²) in [6, 6.07) is 6.71. The fourth-order valence-corrected chi connectivity index (χ4v) is 1.76. The lowest BCUT2D eigenvalue weighted by Gasteiger charge is -2.18. The molecule has 0 aliphatic carbocycles. The molecule has 0 aliphatic rings. The van der Waals surface area contributed by atoms with Crippen LogP contribution in [0.5, 0.6) is 0 Å². The summed E-state index contributed by atoms with van der Waals surface area (Å²) in [5, 5.41) is 8.85. The second-order valence-electron chi connectivity index (χ2n) is 6.43. The Morgan fingerprint density at radius 2 is 1.39 bits per heavy atom. The molecule has 130 valence electrons. The van der Waals surface area contributed by atoms with Crippen molar-refractivity contribution in [1.29, 1.82) is 0 Å². The second-order valence-corrected chi connectivity index (χ2v) is 6.43.